The third-order valence-corrected chi connectivity index (χ3v) is 1.91. The summed E-state index contributed by atoms with van der Waals surface area (Å²) in [5.41, 5.74) is 12.8. The number of hydrogen-bond donors (Lipinski definition) is 2. The van der Waals surface area contributed by atoms with Crippen LogP contribution in [0.2, 0.25) is 0 Å². The summed E-state index contributed by atoms with van der Waals surface area (Å²) >= 11 is 0. The molecular weight excluding hydrogens is 179 g/mol. The molecule has 0 atom stereocenters. The molecule has 0 heterocycles. The molecule has 1 rings (SSSR count). The van der Waals surface area contributed by atoms with Gasteiger partial charge in [0.1, 0.15) is 5.82 Å². The highest BCUT2D eigenvalue weighted by atomic mass is 19.1. The Kier molecular flexibility index (Phi) is 3.49. The predicted octanol–water partition coefficient (Wildman–Crippen LogP) is 1.42. The summed E-state index contributed by atoms with van der Waals surface area (Å²) in [6, 6.07) is 2.68. The van der Waals surface area contributed by atoms with Crippen LogP contribution in [0.4, 0.5) is 10.1 Å². The van der Waals surface area contributed by atoms with Crippen LogP contribution in [0.15, 0.2) is 12.1 Å². The summed E-state index contributed by atoms with van der Waals surface area (Å²) in [7, 11) is 0. The number of rotatable bonds is 1. The first-order valence-corrected chi connectivity index (χ1v) is 4.39. The molecule has 0 unspecified atom stereocenters. The molecule has 1 aromatic rings. The summed E-state index contributed by atoms with van der Waals surface area (Å²) < 4.78 is 12.9. The zero-order valence-electron chi connectivity index (χ0n) is 8.10. The summed E-state index contributed by atoms with van der Waals surface area (Å²) in [5, 5.41) is 0. The van der Waals surface area contributed by atoms with E-state index in [1.54, 1.807) is 0 Å². The summed E-state index contributed by atoms with van der Waals surface area (Å²) in [5.74, 6) is 5.34. The van der Waals surface area contributed by atoms with Crippen LogP contribution in [0.25, 0.3) is 0 Å². The Bertz CT molecular complexity index is 388. The summed E-state index contributed by atoms with van der Waals surface area (Å²) in [6.45, 7) is 2.33. The van der Waals surface area contributed by atoms with Gasteiger partial charge in [0, 0.05) is 24.2 Å². The third-order valence-electron chi connectivity index (χ3n) is 1.91. The fourth-order valence-corrected chi connectivity index (χ4v) is 1.06. The second-order valence-electron chi connectivity index (χ2n) is 3.01. The van der Waals surface area contributed by atoms with Crippen LogP contribution in [0.1, 0.15) is 17.5 Å². The van der Waals surface area contributed by atoms with Gasteiger partial charge in [0.15, 0.2) is 0 Å². The molecule has 0 aliphatic rings. The van der Waals surface area contributed by atoms with Gasteiger partial charge in [0.2, 0.25) is 0 Å². The number of hydrogen-bond acceptors (Lipinski definition) is 2. The second-order valence-corrected chi connectivity index (χ2v) is 3.01. The average molecular weight is 192 g/mol. The van der Waals surface area contributed by atoms with Crippen LogP contribution >= 0.6 is 0 Å². The number of halogens is 1. The van der Waals surface area contributed by atoms with E-state index in [0.29, 0.717) is 24.2 Å². The topological polar surface area (TPSA) is 52.0 Å². The predicted molar refractivity (Wildman–Crippen MR) is 56.1 cm³/mol. The molecule has 0 amide bonds. The Morgan fingerprint density at radius 3 is 2.79 bits per heavy atom. The Morgan fingerprint density at radius 1 is 1.43 bits per heavy atom. The van der Waals surface area contributed by atoms with Gasteiger partial charge in [-0.2, -0.15) is 0 Å². The van der Waals surface area contributed by atoms with E-state index in [0.717, 1.165) is 5.56 Å². The molecule has 14 heavy (non-hydrogen) atoms. The Hall–Kier alpha value is -1.53. The zero-order chi connectivity index (χ0) is 10.6. The summed E-state index contributed by atoms with van der Waals surface area (Å²) in [4.78, 5) is 0. The number of benzene rings is 1. The van der Waals surface area contributed by atoms with E-state index in [1.165, 1.54) is 12.1 Å². The summed E-state index contributed by atoms with van der Waals surface area (Å²) in [6.07, 6.45) is 0.607. The van der Waals surface area contributed by atoms with E-state index >= 15 is 0 Å². The monoisotopic (exact) mass is 192 g/mol. The molecular formula is C11H13FN2. The third kappa shape index (κ3) is 2.48. The van der Waals surface area contributed by atoms with Crippen LogP contribution in [-0.2, 0) is 0 Å². The van der Waals surface area contributed by atoms with Gasteiger partial charge in [0.05, 0.1) is 0 Å². The van der Waals surface area contributed by atoms with Gasteiger partial charge < -0.3 is 11.5 Å². The van der Waals surface area contributed by atoms with Gasteiger partial charge in [-0.25, -0.2) is 4.39 Å². The molecule has 0 saturated heterocycles. The molecule has 0 aromatic heterocycles. The highest BCUT2D eigenvalue weighted by Gasteiger charge is 2.01. The first-order chi connectivity index (χ1) is 6.65. The van der Waals surface area contributed by atoms with Crippen molar-refractivity contribution >= 4 is 5.69 Å². The van der Waals surface area contributed by atoms with Crippen molar-refractivity contribution in [1.29, 1.82) is 0 Å². The molecule has 4 N–H and O–H groups in total. The average Bonchev–Trinajstić information content (AvgIpc) is 2.13. The van der Waals surface area contributed by atoms with E-state index < -0.39 is 0 Å². The molecule has 0 fully saturated rings. The lowest BCUT2D eigenvalue weighted by molar-refractivity contribution is 0.627. The fraction of sp³-hybridized carbons (Fsp3) is 0.273. The van der Waals surface area contributed by atoms with Gasteiger partial charge in [-0.15, -0.1) is 0 Å². The molecule has 0 aliphatic heterocycles. The van der Waals surface area contributed by atoms with Crippen LogP contribution in [0, 0.1) is 24.6 Å². The van der Waals surface area contributed by atoms with Crippen molar-refractivity contribution in [2.45, 2.75) is 13.3 Å². The van der Waals surface area contributed by atoms with Crippen molar-refractivity contribution in [3.05, 3.63) is 29.1 Å². The second kappa shape index (κ2) is 4.64. The van der Waals surface area contributed by atoms with Crippen molar-refractivity contribution < 1.29 is 4.39 Å². The van der Waals surface area contributed by atoms with Crippen LogP contribution in [-0.4, -0.2) is 6.54 Å². The van der Waals surface area contributed by atoms with E-state index in [9.17, 15) is 4.39 Å². The standard InChI is InChI=1S/C11H13FN2/c1-8-9(4-2-3-5-13)6-10(12)7-11(8)14/h6-7H,3,5,13-14H2,1H3. The highest BCUT2D eigenvalue weighted by molar-refractivity contribution is 5.55. The van der Waals surface area contributed by atoms with Crippen molar-refractivity contribution in [2.24, 2.45) is 5.73 Å². The minimum Gasteiger partial charge on any atom is -0.398 e. The van der Waals surface area contributed by atoms with Crippen LogP contribution in [0.3, 0.4) is 0 Å². The molecule has 2 nitrogen and oxygen atoms in total. The van der Waals surface area contributed by atoms with Crippen molar-refractivity contribution in [3.63, 3.8) is 0 Å². The zero-order valence-corrected chi connectivity index (χ0v) is 8.10. The maximum atomic E-state index is 12.9. The minimum absolute atomic E-state index is 0.356. The van der Waals surface area contributed by atoms with Crippen LogP contribution in [0.5, 0.6) is 0 Å². The lowest BCUT2D eigenvalue weighted by Crippen LogP contribution is -1.96. The number of anilines is 1. The normalized spacial score (nSPS) is 9.36. The van der Waals surface area contributed by atoms with Crippen LogP contribution < -0.4 is 11.5 Å². The minimum atomic E-state index is -0.356. The van der Waals surface area contributed by atoms with Gasteiger partial charge in [0.25, 0.3) is 0 Å². The largest absolute Gasteiger partial charge is 0.398 e. The Morgan fingerprint density at radius 2 is 2.14 bits per heavy atom. The first-order valence-electron chi connectivity index (χ1n) is 4.39. The maximum absolute atomic E-state index is 12.9. The van der Waals surface area contributed by atoms with E-state index in [-0.39, 0.29) is 5.82 Å². The SMILES string of the molecule is Cc1c(N)cc(F)cc1C#CCCN. The molecule has 74 valence electrons. The quantitative estimate of drug-likeness (QED) is 0.522. The fourth-order valence-electron chi connectivity index (χ4n) is 1.06. The molecule has 3 heteroatoms. The Balaban J connectivity index is 3.04. The molecule has 0 radical (unpaired) electrons. The molecule has 0 bridgehead atoms. The first kappa shape index (κ1) is 10.6. The number of nitrogen functional groups attached to an aromatic ring is 1. The van der Waals surface area contributed by atoms with E-state index in [4.69, 9.17) is 11.5 Å². The van der Waals surface area contributed by atoms with Gasteiger partial charge in [-0.3, -0.25) is 0 Å². The maximum Gasteiger partial charge on any atom is 0.126 e. The van der Waals surface area contributed by atoms with Gasteiger partial charge in [-0.05, 0) is 24.6 Å². The Labute approximate surface area is 83.1 Å². The number of nitrogens with two attached hydrogens (primary N) is 2. The molecule has 0 spiro atoms. The van der Waals surface area contributed by atoms with E-state index in [1.807, 2.05) is 6.92 Å². The molecule has 0 aliphatic carbocycles. The van der Waals surface area contributed by atoms with Crippen molar-refractivity contribution in [2.75, 3.05) is 12.3 Å². The lowest BCUT2D eigenvalue weighted by Gasteiger charge is -2.02. The molecule has 0 saturated carbocycles. The van der Waals surface area contributed by atoms with Gasteiger partial charge in [-0.1, -0.05) is 11.8 Å². The van der Waals surface area contributed by atoms with Gasteiger partial charge >= 0.3 is 0 Å². The highest BCUT2D eigenvalue weighted by Crippen LogP contribution is 2.17. The lowest BCUT2D eigenvalue weighted by atomic mass is 10.1. The van der Waals surface area contributed by atoms with Crippen molar-refractivity contribution in [1.82, 2.24) is 0 Å². The van der Waals surface area contributed by atoms with Crippen molar-refractivity contribution in [3.8, 4) is 11.8 Å². The van der Waals surface area contributed by atoms with E-state index in [2.05, 4.69) is 11.8 Å². The smallest absolute Gasteiger partial charge is 0.126 e. The molecule has 1 aromatic carbocycles.